The van der Waals surface area contributed by atoms with Gasteiger partial charge in [-0.1, -0.05) is 19.9 Å². The van der Waals surface area contributed by atoms with Crippen LogP contribution < -0.4 is 10.6 Å². The summed E-state index contributed by atoms with van der Waals surface area (Å²) in [6.07, 6.45) is 2.83. The van der Waals surface area contributed by atoms with Gasteiger partial charge in [-0.15, -0.1) is 11.8 Å². The first kappa shape index (κ1) is 16.9. The number of benzene rings is 1. The summed E-state index contributed by atoms with van der Waals surface area (Å²) >= 11 is 1.65. The van der Waals surface area contributed by atoms with E-state index in [9.17, 15) is 4.79 Å². The first-order valence-electron chi connectivity index (χ1n) is 6.88. The fourth-order valence-electron chi connectivity index (χ4n) is 1.57. The molecule has 0 aliphatic carbocycles. The maximum Gasteiger partial charge on any atom is 0.319 e. The molecule has 0 aliphatic rings. The van der Waals surface area contributed by atoms with Crippen LogP contribution in [0.4, 0.5) is 10.5 Å². The van der Waals surface area contributed by atoms with Gasteiger partial charge >= 0.3 is 6.03 Å². The molecule has 0 saturated heterocycles. The van der Waals surface area contributed by atoms with Crippen molar-refractivity contribution in [2.45, 2.75) is 25.2 Å². The molecule has 0 bridgehead atoms. The molecule has 0 saturated carbocycles. The smallest absolute Gasteiger partial charge is 0.319 e. The van der Waals surface area contributed by atoms with Crippen molar-refractivity contribution >= 4 is 23.5 Å². The summed E-state index contributed by atoms with van der Waals surface area (Å²) in [5.74, 6) is 0.551. The van der Waals surface area contributed by atoms with Gasteiger partial charge in [0.2, 0.25) is 0 Å². The number of rotatable bonds is 8. The lowest BCUT2D eigenvalue weighted by molar-refractivity contribution is 0.108. The van der Waals surface area contributed by atoms with E-state index in [1.165, 1.54) is 0 Å². The van der Waals surface area contributed by atoms with Crippen LogP contribution in [0, 0.1) is 5.92 Å². The monoisotopic (exact) mass is 296 g/mol. The molecule has 5 heteroatoms. The number of hydrogen-bond acceptors (Lipinski definition) is 3. The summed E-state index contributed by atoms with van der Waals surface area (Å²) in [6.45, 7) is 6.31. The topological polar surface area (TPSA) is 50.4 Å². The van der Waals surface area contributed by atoms with E-state index in [1.54, 1.807) is 11.8 Å². The Kier molecular flexibility index (Phi) is 8.14. The fourth-order valence-corrected chi connectivity index (χ4v) is 2.03. The van der Waals surface area contributed by atoms with Gasteiger partial charge in [0.1, 0.15) is 0 Å². The molecule has 0 atom stereocenters. The lowest BCUT2D eigenvalue weighted by Gasteiger charge is -2.09. The molecule has 0 fully saturated rings. The maximum atomic E-state index is 11.7. The van der Waals surface area contributed by atoms with E-state index < -0.39 is 0 Å². The molecule has 1 rings (SSSR count). The quantitative estimate of drug-likeness (QED) is 0.569. The summed E-state index contributed by atoms with van der Waals surface area (Å²) in [5, 5.41) is 5.64. The van der Waals surface area contributed by atoms with E-state index in [0.717, 1.165) is 23.6 Å². The van der Waals surface area contributed by atoms with Crippen LogP contribution >= 0.6 is 11.8 Å². The standard InChI is InChI=1S/C15H24N2O2S/c1-12(2)11-19-9-5-8-16-15(18)17-13-6-4-7-14(10-13)20-3/h4,6-7,10,12H,5,8-9,11H2,1-3H3,(H2,16,17,18). The molecule has 0 radical (unpaired) electrons. The van der Waals surface area contributed by atoms with Gasteiger partial charge in [-0.2, -0.15) is 0 Å². The Balaban J connectivity index is 2.16. The first-order chi connectivity index (χ1) is 9.61. The van der Waals surface area contributed by atoms with Crippen LogP contribution in [0.2, 0.25) is 0 Å². The summed E-state index contributed by atoms with van der Waals surface area (Å²) in [5.41, 5.74) is 0.811. The molecule has 1 aromatic rings. The van der Waals surface area contributed by atoms with Crippen LogP contribution in [0.3, 0.4) is 0 Å². The number of thioether (sulfide) groups is 1. The molecule has 0 heterocycles. The second-order valence-corrected chi connectivity index (χ2v) is 5.81. The van der Waals surface area contributed by atoms with Crippen LogP contribution in [-0.2, 0) is 4.74 Å². The Morgan fingerprint density at radius 1 is 1.40 bits per heavy atom. The van der Waals surface area contributed by atoms with Gasteiger partial charge in [-0.25, -0.2) is 4.79 Å². The Morgan fingerprint density at radius 2 is 2.20 bits per heavy atom. The van der Waals surface area contributed by atoms with Crippen LogP contribution in [0.15, 0.2) is 29.2 Å². The van der Waals surface area contributed by atoms with Crippen molar-refractivity contribution in [3.05, 3.63) is 24.3 Å². The average Bonchev–Trinajstić information content (AvgIpc) is 2.42. The van der Waals surface area contributed by atoms with Crippen LogP contribution in [0.1, 0.15) is 20.3 Å². The number of hydrogen-bond donors (Lipinski definition) is 2. The summed E-state index contributed by atoms with van der Waals surface area (Å²) < 4.78 is 5.45. The van der Waals surface area contributed by atoms with Crippen molar-refractivity contribution in [3.63, 3.8) is 0 Å². The minimum atomic E-state index is -0.174. The van der Waals surface area contributed by atoms with Crippen LogP contribution in [-0.4, -0.2) is 32.0 Å². The lowest BCUT2D eigenvalue weighted by Crippen LogP contribution is -2.30. The van der Waals surface area contributed by atoms with Crippen molar-refractivity contribution in [1.29, 1.82) is 0 Å². The Hall–Kier alpha value is -1.20. The molecule has 2 N–H and O–H groups in total. The molecule has 0 aromatic heterocycles. The van der Waals surface area contributed by atoms with Gasteiger partial charge in [0.15, 0.2) is 0 Å². The second-order valence-electron chi connectivity index (χ2n) is 4.94. The van der Waals surface area contributed by atoms with Crippen molar-refractivity contribution in [2.24, 2.45) is 5.92 Å². The number of carbonyl (C=O) groups is 1. The minimum Gasteiger partial charge on any atom is -0.381 e. The Labute approximate surface area is 125 Å². The zero-order chi connectivity index (χ0) is 14.8. The molecule has 0 aliphatic heterocycles. The highest BCUT2D eigenvalue weighted by atomic mass is 32.2. The van der Waals surface area contributed by atoms with E-state index in [-0.39, 0.29) is 6.03 Å². The second kappa shape index (κ2) is 9.66. The lowest BCUT2D eigenvalue weighted by atomic mass is 10.2. The molecule has 0 unspecified atom stereocenters. The van der Waals surface area contributed by atoms with E-state index in [4.69, 9.17) is 4.74 Å². The van der Waals surface area contributed by atoms with Gasteiger partial charge in [0.05, 0.1) is 0 Å². The normalized spacial score (nSPS) is 10.6. The third-order valence-corrected chi connectivity index (χ3v) is 3.26. The van der Waals surface area contributed by atoms with Crippen molar-refractivity contribution in [1.82, 2.24) is 5.32 Å². The highest BCUT2D eigenvalue weighted by Crippen LogP contribution is 2.18. The molecule has 0 spiro atoms. The number of amides is 2. The largest absolute Gasteiger partial charge is 0.381 e. The van der Waals surface area contributed by atoms with Crippen molar-refractivity contribution in [3.8, 4) is 0 Å². The maximum absolute atomic E-state index is 11.7. The van der Waals surface area contributed by atoms with Crippen LogP contribution in [0.5, 0.6) is 0 Å². The number of anilines is 1. The highest BCUT2D eigenvalue weighted by Gasteiger charge is 2.01. The number of urea groups is 1. The van der Waals surface area contributed by atoms with Gasteiger partial charge in [-0.05, 0) is 36.8 Å². The van der Waals surface area contributed by atoms with Gasteiger partial charge < -0.3 is 15.4 Å². The molecule has 4 nitrogen and oxygen atoms in total. The number of carbonyl (C=O) groups excluding carboxylic acids is 1. The molecular weight excluding hydrogens is 272 g/mol. The highest BCUT2D eigenvalue weighted by molar-refractivity contribution is 7.98. The van der Waals surface area contributed by atoms with Crippen molar-refractivity contribution < 1.29 is 9.53 Å². The van der Waals surface area contributed by atoms with Gasteiger partial charge in [-0.3, -0.25) is 0 Å². The van der Waals surface area contributed by atoms with Gasteiger partial charge in [0, 0.05) is 30.3 Å². The van der Waals surface area contributed by atoms with E-state index >= 15 is 0 Å². The first-order valence-corrected chi connectivity index (χ1v) is 8.11. The number of nitrogens with one attached hydrogen (secondary N) is 2. The van der Waals surface area contributed by atoms with Crippen LogP contribution in [0.25, 0.3) is 0 Å². The molecule has 20 heavy (non-hydrogen) atoms. The van der Waals surface area contributed by atoms with Gasteiger partial charge in [0.25, 0.3) is 0 Å². The molecule has 2 amide bonds. The fraction of sp³-hybridized carbons (Fsp3) is 0.533. The Morgan fingerprint density at radius 3 is 2.90 bits per heavy atom. The number of ether oxygens (including phenoxy) is 1. The predicted molar refractivity (Wildman–Crippen MR) is 85.5 cm³/mol. The Bertz CT molecular complexity index is 411. The SMILES string of the molecule is CSc1cccc(NC(=O)NCCCOCC(C)C)c1. The van der Waals surface area contributed by atoms with E-state index in [1.807, 2.05) is 30.5 Å². The molecule has 112 valence electrons. The summed E-state index contributed by atoms with van der Waals surface area (Å²) in [6, 6.07) is 7.61. The minimum absolute atomic E-state index is 0.174. The third-order valence-electron chi connectivity index (χ3n) is 2.53. The summed E-state index contributed by atoms with van der Waals surface area (Å²) in [7, 11) is 0. The predicted octanol–water partition coefficient (Wildman–Crippen LogP) is 3.59. The molecule has 1 aromatic carbocycles. The van der Waals surface area contributed by atoms with E-state index in [2.05, 4.69) is 24.5 Å². The third kappa shape index (κ3) is 7.40. The summed E-state index contributed by atoms with van der Waals surface area (Å²) in [4.78, 5) is 12.8. The zero-order valence-corrected chi connectivity index (χ0v) is 13.3. The van der Waals surface area contributed by atoms with Crippen molar-refractivity contribution in [2.75, 3.05) is 31.3 Å². The molecular formula is C15H24N2O2S. The average molecular weight is 296 g/mol. The van der Waals surface area contributed by atoms with E-state index in [0.29, 0.717) is 19.1 Å². The zero-order valence-electron chi connectivity index (χ0n) is 12.4.